The Morgan fingerprint density at radius 3 is 2.48 bits per heavy atom. The fraction of sp³-hybridized carbons (Fsp3) is 0.238. The van der Waals surface area contributed by atoms with Crippen molar-refractivity contribution in [2.45, 2.75) is 13.3 Å². The standard InChI is InChI=1S/C21H21ClN2O3/c1-4-20(25)24-13-14(12-23(2)3)21(26)18-11-17(9-10-19(18)24)27-16-7-5-15(22)6-8-16/h5-12H,4,13H2,1-3H3/b14-12-. The van der Waals surface area contributed by atoms with Crippen LogP contribution >= 0.6 is 11.6 Å². The van der Waals surface area contributed by atoms with Crippen molar-refractivity contribution >= 4 is 29.0 Å². The van der Waals surface area contributed by atoms with Crippen LogP contribution in [0.4, 0.5) is 5.69 Å². The summed E-state index contributed by atoms with van der Waals surface area (Å²) in [5.74, 6) is 1.02. The minimum atomic E-state index is -0.0968. The monoisotopic (exact) mass is 384 g/mol. The highest BCUT2D eigenvalue weighted by molar-refractivity contribution is 6.30. The first-order valence-corrected chi connectivity index (χ1v) is 9.06. The second-order valence-electron chi connectivity index (χ2n) is 6.52. The van der Waals surface area contributed by atoms with Crippen molar-refractivity contribution < 1.29 is 14.3 Å². The molecule has 0 atom stereocenters. The number of ketones is 1. The van der Waals surface area contributed by atoms with Crippen LogP contribution in [0.5, 0.6) is 11.5 Å². The van der Waals surface area contributed by atoms with E-state index >= 15 is 0 Å². The molecule has 0 aliphatic carbocycles. The third-order valence-corrected chi connectivity index (χ3v) is 4.44. The van der Waals surface area contributed by atoms with Crippen LogP contribution in [0.2, 0.25) is 5.02 Å². The molecule has 27 heavy (non-hydrogen) atoms. The first kappa shape index (κ1) is 19.0. The van der Waals surface area contributed by atoms with Crippen LogP contribution in [0.3, 0.4) is 0 Å². The average Bonchev–Trinajstić information content (AvgIpc) is 2.65. The Morgan fingerprint density at radius 1 is 1.19 bits per heavy atom. The quantitative estimate of drug-likeness (QED) is 0.727. The number of ether oxygens (including phenoxy) is 1. The van der Waals surface area contributed by atoms with E-state index in [-0.39, 0.29) is 18.2 Å². The minimum Gasteiger partial charge on any atom is -0.457 e. The third-order valence-electron chi connectivity index (χ3n) is 4.19. The average molecular weight is 385 g/mol. The van der Waals surface area contributed by atoms with Crippen molar-refractivity contribution in [3.8, 4) is 11.5 Å². The van der Waals surface area contributed by atoms with E-state index in [2.05, 4.69) is 0 Å². The molecule has 2 aromatic rings. The molecule has 0 aromatic heterocycles. The third kappa shape index (κ3) is 4.14. The Balaban J connectivity index is 2.00. The van der Waals surface area contributed by atoms with Gasteiger partial charge in [-0.05, 0) is 42.5 Å². The van der Waals surface area contributed by atoms with Gasteiger partial charge in [0.15, 0.2) is 5.78 Å². The molecule has 1 aliphatic rings. The molecule has 5 nitrogen and oxygen atoms in total. The minimum absolute atomic E-state index is 0.0280. The maximum absolute atomic E-state index is 13.0. The van der Waals surface area contributed by atoms with Gasteiger partial charge in [-0.25, -0.2) is 0 Å². The van der Waals surface area contributed by atoms with Gasteiger partial charge in [0, 0.05) is 42.9 Å². The number of fused-ring (bicyclic) bond motifs is 1. The molecule has 0 N–H and O–H groups in total. The van der Waals surface area contributed by atoms with Gasteiger partial charge in [0.25, 0.3) is 0 Å². The summed E-state index contributed by atoms with van der Waals surface area (Å²) in [6, 6.07) is 12.2. The number of carbonyl (C=O) groups excluding carboxylic acids is 2. The summed E-state index contributed by atoms with van der Waals surface area (Å²) in [6.07, 6.45) is 2.12. The van der Waals surface area contributed by atoms with E-state index < -0.39 is 0 Å². The maximum Gasteiger partial charge on any atom is 0.227 e. The summed E-state index contributed by atoms with van der Waals surface area (Å²) in [5.41, 5.74) is 1.65. The Labute approximate surface area is 163 Å². The van der Waals surface area contributed by atoms with Crippen LogP contribution in [0, 0.1) is 0 Å². The van der Waals surface area contributed by atoms with Gasteiger partial charge in [0.05, 0.1) is 12.2 Å². The molecule has 3 rings (SSSR count). The molecular formula is C21H21ClN2O3. The second-order valence-corrected chi connectivity index (χ2v) is 6.95. The van der Waals surface area contributed by atoms with Crippen LogP contribution in [-0.4, -0.2) is 37.2 Å². The predicted molar refractivity (Wildman–Crippen MR) is 107 cm³/mol. The van der Waals surface area contributed by atoms with Crippen LogP contribution in [-0.2, 0) is 4.79 Å². The van der Waals surface area contributed by atoms with E-state index in [0.29, 0.717) is 39.8 Å². The largest absolute Gasteiger partial charge is 0.457 e. The number of Topliss-reactive ketones (excluding diaryl/α,β-unsaturated/α-hetero) is 1. The van der Waals surface area contributed by atoms with Crippen molar-refractivity contribution in [2.24, 2.45) is 0 Å². The van der Waals surface area contributed by atoms with E-state index in [9.17, 15) is 9.59 Å². The molecule has 140 valence electrons. The Morgan fingerprint density at radius 2 is 1.85 bits per heavy atom. The number of carbonyl (C=O) groups is 2. The highest BCUT2D eigenvalue weighted by Gasteiger charge is 2.30. The number of rotatable bonds is 4. The van der Waals surface area contributed by atoms with Gasteiger partial charge in [0.1, 0.15) is 11.5 Å². The lowest BCUT2D eigenvalue weighted by Crippen LogP contribution is -2.39. The van der Waals surface area contributed by atoms with Crippen LogP contribution in [0.15, 0.2) is 54.2 Å². The van der Waals surface area contributed by atoms with Crippen molar-refractivity contribution in [1.29, 1.82) is 0 Å². The number of nitrogens with zero attached hydrogens (tertiary/aromatic N) is 2. The highest BCUT2D eigenvalue weighted by atomic mass is 35.5. The summed E-state index contributed by atoms with van der Waals surface area (Å²) in [5, 5.41) is 0.621. The van der Waals surface area contributed by atoms with Gasteiger partial charge in [0.2, 0.25) is 5.91 Å². The SMILES string of the molecule is CCC(=O)N1C/C(=C/N(C)C)C(=O)c2cc(Oc3ccc(Cl)cc3)ccc21. The van der Waals surface area contributed by atoms with E-state index in [1.54, 1.807) is 58.5 Å². The Bertz CT molecular complexity index is 904. The number of anilines is 1. The number of hydrogen-bond acceptors (Lipinski definition) is 4. The molecule has 1 heterocycles. The smallest absolute Gasteiger partial charge is 0.227 e. The maximum atomic E-state index is 13.0. The Hall–Kier alpha value is -2.79. The first-order chi connectivity index (χ1) is 12.9. The van der Waals surface area contributed by atoms with Crippen molar-refractivity contribution in [1.82, 2.24) is 4.90 Å². The zero-order valence-corrected chi connectivity index (χ0v) is 16.3. The molecule has 0 saturated heterocycles. The molecular weight excluding hydrogens is 364 g/mol. The van der Waals surface area contributed by atoms with Gasteiger partial charge >= 0.3 is 0 Å². The second kappa shape index (κ2) is 7.84. The lowest BCUT2D eigenvalue weighted by Gasteiger charge is -2.31. The summed E-state index contributed by atoms with van der Waals surface area (Å²) in [7, 11) is 3.70. The molecule has 1 aliphatic heterocycles. The fourth-order valence-electron chi connectivity index (χ4n) is 2.96. The molecule has 1 amide bonds. The van der Waals surface area contributed by atoms with E-state index in [0.717, 1.165) is 0 Å². The molecule has 0 bridgehead atoms. The van der Waals surface area contributed by atoms with Crippen molar-refractivity contribution in [3.63, 3.8) is 0 Å². The van der Waals surface area contributed by atoms with Crippen LogP contribution in [0.25, 0.3) is 0 Å². The van der Waals surface area contributed by atoms with Gasteiger partial charge < -0.3 is 14.5 Å². The number of amides is 1. The molecule has 6 heteroatoms. The first-order valence-electron chi connectivity index (χ1n) is 8.68. The summed E-state index contributed by atoms with van der Waals surface area (Å²) < 4.78 is 5.84. The lowest BCUT2D eigenvalue weighted by atomic mass is 9.95. The summed E-state index contributed by atoms with van der Waals surface area (Å²) >= 11 is 5.90. The highest BCUT2D eigenvalue weighted by Crippen LogP contribution is 2.34. The molecule has 0 spiro atoms. The van der Waals surface area contributed by atoms with Crippen molar-refractivity contribution in [2.75, 3.05) is 25.5 Å². The molecule has 0 unspecified atom stereocenters. The van der Waals surface area contributed by atoms with Gasteiger partial charge in [-0.1, -0.05) is 18.5 Å². The van der Waals surface area contributed by atoms with Gasteiger partial charge in [-0.3, -0.25) is 9.59 Å². The fourth-order valence-corrected chi connectivity index (χ4v) is 3.09. The van der Waals surface area contributed by atoms with Gasteiger partial charge in [-0.15, -0.1) is 0 Å². The molecule has 0 saturated carbocycles. The topological polar surface area (TPSA) is 49.9 Å². The number of halogens is 1. The predicted octanol–water partition coefficient (Wildman–Crippen LogP) is 4.52. The number of benzene rings is 2. The van der Waals surface area contributed by atoms with Gasteiger partial charge in [-0.2, -0.15) is 0 Å². The van der Waals surface area contributed by atoms with Crippen molar-refractivity contribution in [3.05, 3.63) is 64.8 Å². The van der Waals surface area contributed by atoms with E-state index in [4.69, 9.17) is 16.3 Å². The molecule has 0 radical (unpaired) electrons. The number of hydrogen-bond donors (Lipinski definition) is 0. The normalized spacial score (nSPS) is 14.9. The lowest BCUT2D eigenvalue weighted by molar-refractivity contribution is -0.118. The zero-order chi connectivity index (χ0) is 19.6. The summed E-state index contributed by atoms with van der Waals surface area (Å²) in [4.78, 5) is 28.8. The van der Waals surface area contributed by atoms with E-state index in [1.165, 1.54) is 0 Å². The zero-order valence-electron chi connectivity index (χ0n) is 15.5. The van der Waals surface area contributed by atoms with E-state index in [1.807, 2.05) is 21.0 Å². The molecule has 2 aromatic carbocycles. The molecule has 0 fully saturated rings. The van der Waals surface area contributed by atoms with Crippen LogP contribution < -0.4 is 9.64 Å². The Kier molecular flexibility index (Phi) is 5.51. The van der Waals surface area contributed by atoms with Crippen LogP contribution in [0.1, 0.15) is 23.7 Å². The summed E-state index contributed by atoms with van der Waals surface area (Å²) in [6.45, 7) is 2.08.